The monoisotopic (exact) mass is 445 g/mol. The predicted octanol–water partition coefficient (Wildman–Crippen LogP) is 3.66. The van der Waals surface area contributed by atoms with Crippen LogP contribution in [0.4, 0.5) is 5.69 Å². The van der Waals surface area contributed by atoms with Crippen LogP contribution in [0.5, 0.6) is 5.75 Å². The fourth-order valence-corrected chi connectivity index (χ4v) is 4.07. The van der Waals surface area contributed by atoms with Gasteiger partial charge in [-0.05, 0) is 66.4 Å². The van der Waals surface area contributed by atoms with Gasteiger partial charge in [-0.25, -0.2) is 4.79 Å². The Morgan fingerprint density at radius 1 is 1.18 bits per heavy atom. The molecule has 0 unspecified atom stereocenters. The van der Waals surface area contributed by atoms with Gasteiger partial charge >= 0.3 is 5.97 Å². The SMILES string of the molecule is COc1ccc(-c2cncc(CNCCc3ccc4c(c3C)COC4=O)c2)cc1N(C)C=O. The Hall–Kier alpha value is -3.71. The van der Waals surface area contributed by atoms with Crippen molar-refractivity contribution in [2.24, 2.45) is 0 Å². The van der Waals surface area contributed by atoms with E-state index in [9.17, 15) is 9.59 Å². The van der Waals surface area contributed by atoms with Gasteiger partial charge in [0, 0.05) is 37.1 Å². The molecule has 0 aliphatic carbocycles. The molecule has 0 saturated heterocycles. The van der Waals surface area contributed by atoms with Crippen LogP contribution in [0.3, 0.4) is 0 Å². The summed E-state index contributed by atoms with van der Waals surface area (Å²) in [6.45, 7) is 3.91. The number of anilines is 1. The highest BCUT2D eigenvalue weighted by molar-refractivity contribution is 5.94. The molecule has 33 heavy (non-hydrogen) atoms. The van der Waals surface area contributed by atoms with Gasteiger partial charge in [-0.2, -0.15) is 0 Å². The van der Waals surface area contributed by atoms with Gasteiger partial charge in [-0.3, -0.25) is 9.78 Å². The number of methoxy groups -OCH3 is 1. The number of hydrogen-bond donors (Lipinski definition) is 1. The molecule has 4 rings (SSSR count). The maximum Gasteiger partial charge on any atom is 0.338 e. The molecule has 0 atom stereocenters. The van der Waals surface area contributed by atoms with Crippen LogP contribution in [0.25, 0.3) is 11.1 Å². The van der Waals surface area contributed by atoms with Crippen molar-refractivity contribution in [2.75, 3.05) is 25.6 Å². The first-order chi connectivity index (χ1) is 16.0. The zero-order valence-corrected chi connectivity index (χ0v) is 19.1. The molecule has 0 bridgehead atoms. The van der Waals surface area contributed by atoms with Crippen molar-refractivity contribution in [3.8, 4) is 16.9 Å². The number of esters is 1. The smallest absolute Gasteiger partial charge is 0.338 e. The maximum atomic E-state index is 11.7. The molecule has 2 aromatic carbocycles. The molecule has 0 saturated carbocycles. The number of fused-ring (bicyclic) bond motifs is 1. The van der Waals surface area contributed by atoms with Crippen molar-refractivity contribution in [2.45, 2.75) is 26.5 Å². The van der Waals surface area contributed by atoms with E-state index < -0.39 is 0 Å². The molecule has 1 N–H and O–H groups in total. The molecule has 1 aromatic heterocycles. The number of ether oxygens (including phenoxy) is 2. The summed E-state index contributed by atoms with van der Waals surface area (Å²) in [5, 5.41) is 3.48. The van der Waals surface area contributed by atoms with Crippen LogP contribution in [0.1, 0.15) is 32.6 Å². The molecule has 3 aromatic rings. The summed E-state index contributed by atoms with van der Waals surface area (Å²) < 4.78 is 10.5. The lowest BCUT2D eigenvalue weighted by Gasteiger charge is -2.16. The molecule has 7 heteroatoms. The number of benzene rings is 2. The van der Waals surface area contributed by atoms with Crippen LogP contribution in [0.15, 0.2) is 48.8 Å². The van der Waals surface area contributed by atoms with Gasteiger partial charge in [0.05, 0.1) is 18.4 Å². The second kappa shape index (κ2) is 9.83. The molecule has 7 nitrogen and oxygen atoms in total. The van der Waals surface area contributed by atoms with E-state index in [2.05, 4.69) is 23.3 Å². The minimum absolute atomic E-state index is 0.230. The number of carbonyl (C=O) groups is 2. The predicted molar refractivity (Wildman–Crippen MR) is 126 cm³/mol. The minimum atomic E-state index is -0.230. The summed E-state index contributed by atoms with van der Waals surface area (Å²) in [6, 6.07) is 11.7. The Bertz CT molecular complexity index is 1190. The van der Waals surface area contributed by atoms with Crippen LogP contribution >= 0.6 is 0 Å². The summed E-state index contributed by atoms with van der Waals surface area (Å²) in [7, 11) is 3.28. The number of carbonyl (C=O) groups excluding carboxylic acids is 2. The van der Waals surface area contributed by atoms with Crippen molar-refractivity contribution < 1.29 is 19.1 Å². The zero-order valence-electron chi connectivity index (χ0n) is 19.1. The number of pyridine rings is 1. The lowest BCUT2D eigenvalue weighted by atomic mass is 9.97. The van der Waals surface area contributed by atoms with Crippen LogP contribution in [-0.4, -0.2) is 38.1 Å². The highest BCUT2D eigenvalue weighted by Crippen LogP contribution is 2.32. The number of amides is 1. The molecule has 1 aliphatic heterocycles. The Kier molecular flexibility index (Phi) is 6.70. The lowest BCUT2D eigenvalue weighted by Crippen LogP contribution is -2.17. The summed E-state index contributed by atoms with van der Waals surface area (Å²) in [5.41, 5.74) is 7.75. The minimum Gasteiger partial charge on any atom is -0.495 e. The Balaban J connectivity index is 1.40. The first kappa shape index (κ1) is 22.5. The number of hydrogen-bond acceptors (Lipinski definition) is 6. The fourth-order valence-electron chi connectivity index (χ4n) is 4.07. The van der Waals surface area contributed by atoms with Gasteiger partial charge in [0.2, 0.25) is 6.41 Å². The van der Waals surface area contributed by atoms with E-state index in [0.29, 0.717) is 30.2 Å². The molecule has 1 aliphatic rings. The molecule has 2 heterocycles. The standard InChI is InChI=1S/C26H27N3O4/c1-17-19(4-6-22-23(17)15-33-26(22)31)8-9-27-12-18-10-21(14-28-13-18)20-5-7-25(32-3)24(11-20)29(2)16-30/h4-7,10-11,13-14,16,27H,8-9,12,15H2,1-3H3. The average Bonchev–Trinajstić information content (AvgIpc) is 3.23. The van der Waals surface area contributed by atoms with Crippen LogP contribution in [-0.2, 0) is 29.1 Å². The fraction of sp³-hybridized carbons (Fsp3) is 0.269. The van der Waals surface area contributed by atoms with Gasteiger partial charge in [0.1, 0.15) is 12.4 Å². The van der Waals surface area contributed by atoms with E-state index in [1.807, 2.05) is 42.7 Å². The number of aromatic nitrogens is 1. The third-order valence-electron chi connectivity index (χ3n) is 6.02. The van der Waals surface area contributed by atoms with Crippen LogP contribution in [0, 0.1) is 6.92 Å². The molecule has 1 amide bonds. The summed E-state index contributed by atoms with van der Waals surface area (Å²) in [4.78, 5) is 28.8. The van der Waals surface area contributed by atoms with Crippen molar-refractivity contribution >= 4 is 18.1 Å². The summed E-state index contributed by atoms with van der Waals surface area (Å²) in [5.74, 6) is 0.406. The zero-order chi connectivity index (χ0) is 23.4. The van der Waals surface area contributed by atoms with Gasteiger partial charge in [-0.1, -0.05) is 12.1 Å². The van der Waals surface area contributed by atoms with E-state index in [1.54, 1.807) is 14.2 Å². The lowest BCUT2D eigenvalue weighted by molar-refractivity contribution is -0.107. The number of cyclic esters (lactones) is 1. The molecular weight excluding hydrogens is 418 g/mol. The third kappa shape index (κ3) is 4.73. The van der Waals surface area contributed by atoms with Crippen molar-refractivity contribution in [1.82, 2.24) is 10.3 Å². The van der Waals surface area contributed by atoms with Gasteiger partial charge in [0.25, 0.3) is 0 Å². The topological polar surface area (TPSA) is 80.8 Å². The van der Waals surface area contributed by atoms with Crippen molar-refractivity contribution in [3.63, 3.8) is 0 Å². The molecular formula is C26H27N3O4. The number of nitrogens with one attached hydrogen (secondary N) is 1. The van der Waals surface area contributed by atoms with Gasteiger partial charge < -0.3 is 19.7 Å². The van der Waals surface area contributed by atoms with Crippen LogP contribution in [0.2, 0.25) is 0 Å². The molecule has 170 valence electrons. The molecule has 0 fully saturated rings. The third-order valence-corrected chi connectivity index (χ3v) is 6.02. The molecule has 0 spiro atoms. The number of rotatable bonds is 9. The quantitative estimate of drug-likeness (QED) is 0.308. The van der Waals surface area contributed by atoms with Crippen LogP contribution < -0.4 is 15.0 Å². The summed E-state index contributed by atoms with van der Waals surface area (Å²) >= 11 is 0. The number of nitrogens with zero attached hydrogens (tertiary/aromatic N) is 2. The van der Waals surface area contributed by atoms with E-state index in [-0.39, 0.29) is 5.97 Å². The van der Waals surface area contributed by atoms with Crippen molar-refractivity contribution in [1.29, 1.82) is 0 Å². The molecule has 0 radical (unpaired) electrons. The Morgan fingerprint density at radius 2 is 2.03 bits per heavy atom. The largest absolute Gasteiger partial charge is 0.495 e. The first-order valence-corrected chi connectivity index (χ1v) is 10.8. The maximum absolute atomic E-state index is 11.7. The average molecular weight is 446 g/mol. The Morgan fingerprint density at radius 3 is 2.82 bits per heavy atom. The first-order valence-electron chi connectivity index (χ1n) is 10.8. The van der Waals surface area contributed by atoms with E-state index >= 15 is 0 Å². The second-order valence-corrected chi connectivity index (χ2v) is 8.06. The van der Waals surface area contributed by atoms with Gasteiger partial charge in [-0.15, -0.1) is 0 Å². The van der Waals surface area contributed by atoms with E-state index in [1.165, 1.54) is 10.5 Å². The summed E-state index contributed by atoms with van der Waals surface area (Å²) in [6.07, 6.45) is 5.28. The normalized spacial score (nSPS) is 12.3. The van der Waals surface area contributed by atoms with E-state index in [0.717, 1.165) is 47.2 Å². The van der Waals surface area contributed by atoms with Gasteiger partial charge in [0.15, 0.2) is 0 Å². The highest BCUT2D eigenvalue weighted by atomic mass is 16.5. The van der Waals surface area contributed by atoms with E-state index in [4.69, 9.17) is 9.47 Å². The van der Waals surface area contributed by atoms with Crippen molar-refractivity contribution in [3.05, 3.63) is 76.6 Å². The highest BCUT2D eigenvalue weighted by Gasteiger charge is 2.23. The Labute approximate surface area is 193 Å². The second-order valence-electron chi connectivity index (χ2n) is 8.06.